The fourth-order valence-corrected chi connectivity index (χ4v) is 2.41. The maximum atomic E-state index is 13.6. The number of halogens is 1. The van der Waals surface area contributed by atoms with Gasteiger partial charge in [0.2, 0.25) is 0 Å². The Balaban J connectivity index is 2.18. The van der Waals surface area contributed by atoms with E-state index in [0.29, 0.717) is 12.0 Å². The first-order valence-electron chi connectivity index (χ1n) is 5.68. The summed E-state index contributed by atoms with van der Waals surface area (Å²) in [6, 6.07) is 5.72. The maximum absolute atomic E-state index is 13.6. The lowest BCUT2D eigenvalue weighted by Gasteiger charge is -2.26. The van der Waals surface area contributed by atoms with Crippen LogP contribution in [0, 0.1) is 12.7 Å². The summed E-state index contributed by atoms with van der Waals surface area (Å²) in [5, 5.41) is 0. The van der Waals surface area contributed by atoms with Gasteiger partial charge in [-0.25, -0.2) is 4.39 Å². The summed E-state index contributed by atoms with van der Waals surface area (Å²) in [6.07, 6.45) is 4.11. The summed E-state index contributed by atoms with van der Waals surface area (Å²) >= 11 is 0. The predicted octanol–water partition coefficient (Wildman–Crippen LogP) is 3.12. The van der Waals surface area contributed by atoms with E-state index in [2.05, 4.69) is 0 Å². The molecule has 0 unspecified atom stereocenters. The lowest BCUT2D eigenvalue weighted by atomic mass is 9.81. The van der Waals surface area contributed by atoms with E-state index in [1.54, 1.807) is 6.07 Å². The number of benzene rings is 1. The lowest BCUT2D eigenvalue weighted by Crippen LogP contribution is -2.26. The normalized spacial score (nSPS) is 26.6. The van der Waals surface area contributed by atoms with Crippen LogP contribution in [0.4, 0.5) is 4.39 Å². The molecule has 0 radical (unpaired) electrons. The first-order valence-corrected chi connectivity index (χ1v) is 5.68. The molecule has 1 aliphatic carbocycles. The molecule has 15 heavy (non-hydrogen) atoms. The topological polar surface area (TPSA) is 26.0 Å². The van der Waals surface area contributed by atoms with Gasteiger partial charge in [-0.15, -0.1) is 0 Å². The van der Waals surface area contributed by atoms with Crippen molar-refractivity contribution in [3.05, 3.63) is 35.1 Å². The Hall–Kier alpha value is -0.890. The van der Waals surface area contributed by atoms with Crippen molar-refractivity contribution in [1.29, 1.82) is 0 Å². The SMILES string of the molecule is Cc1ccc(F)c(C2CCC(N)CC2)c1. The van der Waals surface area contributed by atoms with Crippen LogP contribution in [0.25, 0.3) is 0 Å². The minimum absolute atomic E-state index is 0.0546. The fourth-order valence-electron chi connectivity index (χ4n) is 2.41. The van der Waals surface area contributed by atoms with Gasteiger partial charge in [0.1, 0.15) is 5.82 Å². The summed E-state index contributed by atoms with van der Waals surface area (Å²) in [4.78, 5) is 0. The van der Waals surface area contributed by atoms with Crippen molar-refractivity contribution in [3.8, 4) is 0 Å². The Morgan fingerprint density at radius 3 is 2.53 bits per heavy atom. The van der Waals surface area contributed by atoms with Crippen molar-refractivity contribution in [2.45, 2.75) is 44.6 Å². The minimum atomic E-state index is -0.0546. The number of aryl methyl sites for hydroxylation is 1. The van der Waals surface area contributed by atoms with Crippen molar-refractivity contribution in [3.63, 3.8) is 0 Å². The molecule has 2 rings (SSSR count). The smallest absolute Gasteiger partial charge is 0.126 e. The van der Waals surface area contributed by atoms with Crippen LogP contribution in [0.15, 0.2) is 18.2 Å². The molecule has 82 valence electrons. The van der Waals surface area contributed by atoms with Gasteiger partial charge < -0.3 is 5.73 Å². The van der Waals surface area contributed by atoms with E-state index in [1.165, 1.54) is 0 Å². The molecule has 0 bridgehead atoms. The Morgan fingerprint density at radius 1 is 1.20 bits per heavy atom. The molecule has 1 aromatic rings. The van der Waals surface area contributed by atoms with E-state index in [1.807, 2.05) is 19.1 Å². The number of hydrogen-bond donors (Lipinski definition) is 1. The number of hydrogen-bond acceptors (Lipinski definition) is 1. The van der Waals surface area contributed by atoms with E-state index in [-0.39, 0.29) is 5.82 Å². The second-order valence-corrected chi connectivity index (χ2v) is 4.64. The molecule has 0 aromatic heterocycles. The molecule has 1 fully saturated rings. The monoisotopic (exact) mass is 207 g/mol. The van der Waals surface area contributed by atoms with Gasteiger partial charge in [0.25, 0.3) is 0 Å². The van der Waals surface area contributed by atoms with Crippen LogP contribution in [-0.2, 0) is 0 Å². The van der Waals surface area contributed by atoms with Crippen molar-refractivity contribution < 1.29 is 4.39 Å². The largest absolute Gasteiger partial charge is 0.328 e. The zero-order chi connectivity index (χ0) is 10.8. The summed E-state index contributed by atoms with van der Waals surface area (Å²) in [7, 11) is 0. The summed E-state index contributed by atoms with van der Waals surface area (Å²) in [5.74, 6) is 0.325. The van der Waals surface area contributed by atoms with Crippen molar-refractivity contribution in [2.24, 2.45) is 5.73 Å². The van der Waals surface area contributed by atoms with Gasteiger partial charge in [-0.1, -0.05) is 17.7 Å². The molecule has 0 spiro atoms. The predicted molar refractivity (Wildman–Crippen MR) is 60.3 cm³/mol. The summed E-state index contributed by atoms with van der Waals surface area (Å²) in [5.41, 5.74) is 7.88. The molecular weight excluding hydrogens is 189 g/mol. The molecule has 0 saturated heterocycles. The molecule has 0 heterocycles. The maximum Gasteiger partial charge on any atom is 0.126 e. The zero-order valence-electron chi connectivity index (χ0n) is 9.17. The first-order chi connectivity index (χ1) is 7.16. The molecule has 0 amide bonds. The van der Waals surface area contributed by atoms with Gasteiger partial charge in [0, 0.05) is 6.04 Å². The second-order valence-electron chi connectivity index (χ2n) is 4.64. The molecular formula is C13H18FN. The zero-order valence-corrected chi connectivity index (χ0v) is 9.17. The average Bonchev–Trinajstić information content (AvgIpc) is 2.23. The van der Waals surface area contributed by atoms with Crippen LogP contribution >= 0.6 is 0 Å². The van der Waals surface area contributed by atoms with Gasteiger partial charge in [-0.05, 0) is 50.2 Å². The molecule has 1 aromatic carbocycles. The lowest BCUT2D eigenvalue weighted by molar-refractivity contribution is 0.387. The highest BCUT2D eigenvalue weighted by Crippen LogP contribution is 2.33. The third kappa shape index (κ3) is 2.37. The van der Waals surface area contributed by atoms with Gasteiger partial charge in [-0.2, -0.15) is 0 Å². The first kappa shape index (κ1) is 10.6. The Morgan fingerprint density at radius 2 is 1.87 bits per heavy atom. The van der Waals surface area contributed by atoms with Crippen molar-refractivity contribution >= 4 is 0 Å². The van der Waals surface area contributed by atoms with Crippen LogP contribution in [0.2, 0.25) is 0 Å². The summed E-state index contributed by atoms with van der Waals surface area (Å²) < 4.78 is 13.6. The minimum Gasteiger partial charge on any atom is -0.328 e. The molecule has 2 heteroatoms. The van der Waals surface area contributed by atoms with Gasteiger partial charge >= 0.3 is 0 Å². The van der Waals surface area contributed by atoms with Gasteiger partial charge in [0.05, 0.1) is 0 Å². The van der Waals surface area contributed by atoms with Crippen molar-refractivity contribution in [1.82, 2.24) is 0 Å². The Kier molecular flexibility index (Phi) is 3.06. The Bertz CT molecular complexity index is 340. The fraction of sp³-hybridized carbons (Fsp3) is 0.538. The van der Waals surface area contributed by atoms with Gasteiger partial charge in [0.15, 0.2) is 0 Å². The van der Waals surface area contributed by atoms with Gasteiger partial charge in [-0.3, -0.25) is 0 Å². The number of rotatable bonds is 1. The summed E-state index contributed by atoms with van der Waals surface area (Å²) in [6.45, 7) is 2.01. The molecule has 0 aliphatic heterocycles. The second kappa shape index (κ2) is 4.31. The van der Waals surface area contributed by atoms with Crippen LogP contribution < -0.4 is 5.73 Å². The highest BCUT2D eigenvalue weighted by Gasteiger charge is 2.22. The van der Waals surface area contributed by atoms with E-state index in [0.717, 1.165) is 36.8 Å². The highest BCUT2D eigenvalue weighted by molar-refractivity contribution is 5.27. The molecule has 0 atom stereocenters. The molecule has 1 saturated carbocycles. The van der Waals surface area contributed by atoms with E-state index in [4.69, 9.17) is 5.73 Å². The Labute approximate surface area is 90.5 Å². The third-order valence-corrected chi connectivity index (χ3v) is 3.36. The number of nitrogens with two attached hydrogens (primary N) is 1. The van der Waals surface area contributed by atoms with Crippen molar-refractivity contribution in [2.75, 3.05) is 0 Å². The molecule has 1 aliphatic rings. The van der Waals surface area contributed by atoms with E-state index < -0.39 is 0 Å². The molecule has 2 N–H and O–H groups in total. The quantitative estimate of drug-likeness (QED) is 0.752. The van der Waals surface area contributed by atoms with Crippen LogP contribution in [-0.4, -0.2) is 6.04 Å². The van der Waals surface area contributed by atoms with Crippen LogP contribution in [0.3, 0.4) is 0 Å². The standard InChI is InChI=1S/C13H18FN/c1-9-2-7-13(14)12(8-9)10-3-5-11(15)6-4-10/h2,7-8,10-11H,3-6,15H2,1H3. The highest BCUT2D eigenvalue weighted by atomic mass is 19.1. The third-order valence-electron chi connectivity index (χ3n) is 3.36. The van der Waals surface area contributed by atoms with E-state index >= 15 is 0 Å². The van der Waals surface area contributed by atoms with Crippen LogP contribution in [0.5, 0.6) is 0 Å². The average molecular weight is 207 g/mol. The van der Waals surface area contributed by atoms with Crippen LogP contribution in [0.1, 0.15) is 42.7 Å². The van der Waals surface area contributed by atoms with E-state index in [9.17, 15) is 4.39 Å². The molecule has 1 nitrogen and oxygen atoms in total.